The second kappa shape index (κ2) is 5.10. The third-order valence-electron chi connectivity index (χ3n) is 3.23. The molecule has 2 atom stereocenters. The normalized spacial score (nSPS) is 34.4. The molecule has 0 bridgehead atoms. The Bertz CT molecular complexity index is 409. The SMILES string of the molecule is CC1=CC=COC1(C)SSC1(C)OC=CC=C1C. The zero-order chi connectivity index (χ0) is 13.2. The van der Waals surface area contributed by atoms with Crippen LogP contribution in [0.2, 0.25) is 0 Å². The van der Waals surface area contributed by atoms with Crippen molar-refractivity contribution in [1.82, 2.24) is 0 Å². The molecule has 2 nitrogen and oxygen atoms in total. The standard InChI is InChI=1S/C14H18O2S2/c1-11-7-5-9-15-13(11,3)17-18-14(4)12(2)8-6-10-16-14/h5-10H,1-4H3. The van der Waals surface area contributed by atoms with E-state index in [-0.39, 0.29) is 9.87 Å². The van der Waals surface area contributed by atoms with Crippen LogP contribution in [0.25, 0.3) is 0 Å². The van der Waals surface area contributed by atoms with Gasteiger partial charge in [-0.2, -0.15) is 0 Å². The van der Waals surface area contributed by atoms with Crippen molar-refractivity contribution in [3.63, 3.8) is 0 Å². The van der Waals surface area contributed by atoms with Crippen molar-refractivity contribution < 1.29 is 9.47 Å². The number of ether oxygens (including phenoxy) is 2. The van der Waals surface area contributed by atoms with Gasteiger partial charge in [-0.05, 0) is 72.6 Å². The van der Waals surface area contributed by atoms with Crippen molar-refractivity contribution >= 4 is 21.6 Å². The lowest BCUT2D eigenvalue weighted by Gasteiger charge is -2.36. The fraction of sp³-hybridized carbons (Fsp3) is 0.429. The highest BCUT2D eigenvalue weighted by atomic mass is 33.1. The third-order valence-corrected chi connectivity index (χ3v) is 6.94. The first-order chi connectivity index (χ1) is 8.46. The quantitative estimate of drug-likeness (QED) is 0.693. The molecule has 0 amide bonds. The van der Waals surface area contributed by atoms with Gasteiger partial charge in [0, 0.05) is 0 Å². The first-order valence-corrected chi connectivity index (χ1v) is 8.02. The molecule has 98 valence electrons. The van der Waals surface area contributed by atoms with Gasteiger partial charge in [0.2, 0.25) is 0 Å². The average molecular weight is 282 g/mol. The molecule has 0 saturated carbocycles. The second-order valence-corrected chi connectivity index (χ2v) is 7.54. The fourth-order valence-corrected chi connectivity index (χ4v) is 4.41. The lowest BCUT2D eigenvalue weighted by Crippen LogP contribution is -2.29. The van der Waals surface area contributed by atoms with Crippen LogP contribution in [-0.4, -0.2) is 9.87 Å². The summed E-state index contributed by atoms with van der Waals surface area (Å²) in [5.74, 6) is 0. The molecule has 2 aliphatic heterocycles. The lowest BCUT2D eigenvalue weighted by molar-refractivity contribution is 0.154. The van der Waals surface area contributed by atoms with Crippen LogP contribution in [0.5, 0.6) is 0 Å². The molecular weight excluding hydrogens is 264 g/mol. The minimum absolute atomic E-state index is 0.326. The summed E-state index contributed by atoms with van der Waals surface area (Å²) in [5, 5.41) is 0. The van der Waals surface area contributed by atoms with E-state index in [9.17, 15) is 0 Å². The molecule has 2 aliphatic rings. The van der Waals surface area contributed by atoms with E-state index in [1.54, 1.807) is 34.1 Å². The summed E-state index contributed by atoms with van der Waals surface area (Å²) in [4.78, 5) is -0.652. The monoisotopic (exact) mass is 282 g/mol. The Morgan fingerprint density at radius 1 is 0.833 bits per heavy atom. The van der Waals surface area contributed by atoms with Gasteiger partial charge < -0.3 is 9.47 Å². The summed E-state index contributed by atoms with van der Waals surface area (Å²) in [6.07, 6.45) is 11.5. The number of rotatable bonds is 3. The summed E-state index contributed by atoms with van der Waals surface area (Å²) in [6, 6.07) is 0. The summed E-state index contributed by atoms with van der Waals surface area (Å²) in [5.41, 5.74) is 2.41. The number of hydrogen-bond donors (Lipinski definition) is 0. The van der Waals surface area contributed by atoms with Gasteiger partial charge in [0.1, 0.15) is 0 Å². The zero-order valence-corrected chi connectivity index (χ0v) is 12.7. The van der Waals surface area contributed by atoms with Crippen LogP contribution in [0.1, 0.15) is 27.7 Å². The molecule has 0 radical (unpaired) electrons. The first kappa shape index (κ1) is 13.7. The maximum atomic E-state index is 5.75. The largest absolute Gasteiger partial charge is 0.480 e. The molecule has 0 saturated heterocycles. The summed E-state index contributed by atoms with van der Waals surface area (Å²) in [6.45, 7) is 8.34. The molecule has 0 fully saturated rings. The molecule has 2 unspecified atom stereocenters. The Hall–Kier alpha value is -0.740. The van der Waals surface area contributed by atoms with Crippen LogP contribution >= 0.6 is 21.6 Å². The highest BCUT2D eigenvalue weighted by Gasteiger charge is 2.37. The first-order valence-electron chi connectivity index (χ1n) is 5.87. The van der Waals surface area contributed by atoms with E-state index in [4.69, 9.17) is 9.47 Å². The van der Waals surface area contributed by atoms with E-state index in [2.05, 4.69) is 39.8 Å². The smallest absolute Gasteiger partial charge is 0.182 e. The van der Waals surface area contributed by atoms with Crippen molar-refractivity contribution in [3.05, 3.63) is 48.0 Å². The van der Waals surface area contributed by atoms with E-state index < -0.39 is 0 Å². The van der Waals surface area contributed by atoms with Crippen molar-refractivity contribution in [1.29, 1.82) is 0 Å². The van der Waals surface area contributed by atoms with Crippen molar-refractivity contribution in [2.45, 2.75) is 37.6 Å². The average Bonchev–Trinajstić information content (AvgIpc) is 2.35. The fourth-order valence-electron chi connectivity index (χ4n) is 1.52. The minimum Gasteiger partial charge on any atom is -0.480 e. The maximum Gasteiger partial charge on any atom is 0.182 e. The van der Waals surface area contributed by atoms with Crippen molar-refractivity contribution in [2.75, 3.05) is 0 Å². The molecule has 0 aromatic heterocycles. The Labute approximate surface area is 117 Å². The Morgan fingerprint density at radius 3 is 1.56 bits per heavy atom. The Balaban J connectivity index is 2.04. The Kier molecular flexibility index (Phi) is 3.87. The molecule has 0 spiro atoms. The molecule has 18 heavy (non-hydrogen) atoms. The van der Waals surface area contributed by atoms with Gasteiger partial charge in [0.15, 0.2) is 9.87 Å². The Morgan fingerprint density at radius 2 is 1.22 bits per heavy atom. The molecule has 0 aromatic carbocycles. The van der Waals surface area contributed by atoms with Gasteiger partial charge in [-0.25, -0.2) is 0 Å². The van der Waals surface area contributed by atoms with Crippen LogP contribution in [0.4, 0.5) is 0 Å². The van der Waals surface area contributed by atoms with Gasteiger partial charge in [-0.15, -0.1) is 0 Å². The van der Waals surface area contributed by atoms with Crippen LogP contribution in [0.3, 0.4) is 0 Å². The molecule has 2 rings (SSSR count). The van der Waals surface area contributed by atoms with E-state index in [1.807, 2.05) is 12.2 Å². The minimum atomic E-state index is -0.326. The zero-order valence-electron chi connectivity index (χ0n) is 11.1. The van der Waals surface area contributed by atoms with Crippen molar-refractivity contribution in [2.24, 2.45) is 0 Å². The molecule has 2 heterocycles. The second-order valence-electron chi connectivity index (χ2n) is 4.65. The summed E-state index contributed by atoms with van der Waals surface area (Å²) >= 11 is 0. The predicted molar refractivity (Wildman–Crippen MR) is 80.0 cm³/mol. The van der Waals surface area contributed by atoms with Crippen LogP contribution in [0, 0.1) is 0 Å². The number of allylic oxidation sites excluding steroid dienone is 4. The highest BCUT2D eigenvalue weighted by Crippen LogP contribution is 2.51. The lowest BCUT2D eigenvalue weighted by atomic mass is 10.1. The summed E-state index contributed by atoms with van der Waals surface area (Å²) < 4.78 is 11.5. The molecule has 0 aliphatic carbocycles. The van der Waals surface area contributed by atoms with Gasteiger partial charge in [0.25, 0.3) is 0 Å². The summed E-state index contributed by atoms with van der Waals surface area (Å²) in [7, 11) is 3.38. The van der Waals surface area contributed by atoms with E-state index in [1.165, 1.54) is 11.1 Å². The molecule has 0 aromatic rings. The highest BCUT2D eigenvalue weighted by molar-refractivity contribution is 8.77. The van der Waals surface area contributed by atoms with Gasteiger partial charge in [-0.3, -0.25) is 0 Å². The predicted octanol–water partition coefficient (Wildman–Crippen LogP) is 4.78. The molecule has 0 N–H and O–H groups in total. The molecular formula is C14H18O2S2. The third kappa shape index (κ3) is 2.64. The van der Waals surface area contributed by atoms with Gasteiger partial charge in [0.05, 0.1) is 12.5 Å². The van der Waals surface area contributed by atoms with E-state index in [0.717, 1.165) is 0 Å². The van der Waals surface area contributed by atoms with Crippen LogP contribution in [-0.2, 0) is 9.47 Å². The maximum absolute atomic E-state index is 5.75. The van der Waals surface area contributed by atoms with E-state index in [0.29, 0.717) is 0 Å². The van der Waals surface area contributed by atoms with E-state index >= 15 is 0 Å². The number of hydrogen-bond acceptors (Lipinski definition) is 4. The van der Waals surface area contributed by atoms with Crippen molar-refractivity contribution in [3.8, 4) is 0 Å². The van der Waals surface area contributed by atoms with Crippen LogP contribution < -0.4 is 0 Å². The molecule has 4 heteroatoms. The topological polar surface area (TPSA) is 18.5 Å². The van der Waals surface area contributed by atoms with Crippen LogP contribution in [0.15, 0.2) is 48.0 Å². The van der Waals surface area contributed by atoms with Gasteiger partial charge in [-0.1, -0.05) is 12.2 Å². The van der Waals surface area contributed by atoms with Gasteiger partial charge >= 0.3 is 0 Å².